The Balaban J connectivity index is 1.84. The van der Waals surface area contributed by atoms with E-state index in [1.54, 1.807) is 13.0 Å². The Morgan fingerprint density at radius 1 is 1.30 bits per heavy atom. The Kier molecular flexibility index (Phi) is 4.86. The lowest BCUT2D eigenvalue weighted by Crippen LogP contribution is -2.15. The van der Waals surface area contributed by atoms with Crippen molar-refractivity contribution >= 4 is 34.1 Å². The number of aromatic nitrogens is 2. The first-order valence-corrected chi connectivity index (χ1v) is 9.39. The number of hydrogen-bond donors (Lipinski definition) is 1. The van der Waals surface area contributed by atoms with Crippen molar-refractivity contribution < 1.29 is 18.0 Å². The van der Waals surface area contributed by atoms with Crippen molar-refractivity contribution in [2.45, 2.75) is 19.5 Å². The molecule has 152 valence electrons. The molecule has 2 atom stereocenters. The number of alkyl halides is 3. The second-order valence-electron chi connectivity index (χ2n) is 7.16. The lowest BCUT2D eigenvalue weighted by atomic mass is 9.94. The highest BCUT2D eigenvalue weighted by Crippen LogP contribution is 2.45. The third kappa shape index (κ3) is 3.57. The maximum Gasteiger partial charge on any atom is 0.418 e. The Labute approximate surface area is 174 Å². The van der Waals surface area contributed by atoms with E-state index in [2.05, 4.69) is 15.3 Å². The Hall–Kier alpha value is -3.18. The predicted molar refractivity (Wildman–Crippen MR) is 106 cm³/mol. The summed E-state index contributed by atoms with van der Waals surface area (Å²) >= 11 is 6.19. The summed E-state index contributed by atoms with van der Waals surface area (Å²) in [4.78, 5) is 20.2. The third-order valence-corrected chi connectivity index (χ3v) is 5.51. The van der Waals surface area contributed by atoms with E-state index in [1.807, 2.05) is 6.07 Å². The number of nitriles is 1. The van der Waals surface area contributed by atoms with E-state index in [-0.39, 0.29) is 28.6 Å². The highest BCUT2D eigenvalue weighted by Gasteiger charge is 2.43. The lowest BCUT2D eigenvalue weighted by Gasteiger charge is -2.18. The van der Waals surface area contributed by atoms with Crippen LogP contribution < -0.4 is 5.32 Å². The first-order chi connectivity index (χ1) is 14.2. The van der Waals surface area contributed by atoms with Crippen LogP contribution in [0.3, 0.4) is 0 Å². The van der Waals surface area contributed by atoms with Gasteiger partial charge in [-0.3, -0.25) is 9.78 Å². The van der Waals surface area contributed by atoms with Crippen LogP contribution in [0.5, 0.6) is 0 Å². The number of nitrogens with zero attached hydrogens (tertiary/aromatic N) is 3. The molecule has 1 saturated carbocycles. The number of amides is 1. The molecule has 2 unspecified atom stereocenters. The average molecular weight is 431 g/mol. The normalized spacial score (nSPS) is 18.1. The van der Waals surface area contributed by atoms with Gasteiger partial charge in [0.05, 0.1) is 28.5 Å². The maximum absolute atomic E-state index is 13.9. The molecule has 1 N–H and O–H groups in total. The molecule has 4 rings (SSSR count). The highest BCUT2D eigenvalue weighted by molar-refractivity contribution is 6.37. The van der Waals surface area contributed by atoms with Gasteiger partial charge in [0.25, 0.3) is 0 Å². The van der Waals surface area contributed by atoms with Crippen LogP contribution in [-0.4, -0.2) is 15.9 Å². The molecule has 0 aliphatic heterocycles. The summed E-state index contributed by atoms with van der Waals surface area (Å²) in [5.41, 5.74) is -0.127. The fourth-order valence-corrected chi connectivity index (χ4v) is 3.77. The van der Waals surface area contributed by atoms with Crippen molar-refractivity contribution in [1.82, 2.24) is 9.97 Å². The molecule has 0 radical (unpaired) electrons. The second-order valence-corrected chi connectivity index (χ2v) is 7.54. The van der Waals surface area contributed by atoms with E-state index in [9.17, 15) is 18.0 Å². The molecule has 2 aromatic heterocycles. The fraction of sp³-hybridized carbons (Fsp3) is 0.238. The zero-order valence-corrected chi connectivity index (χ0v) is 16.3. The van der Waals surface area contributed by atoms with Gasteiger partial charge < -0.3 is 5.32 Å². The van der Waals surface area contributed by atoms with Crippen LogP contribution in [0.25, 0.3) is 21.9 Å². The molecule has 30 heavy (non-hydrogen) atoms. The number of pyridine rings is 2. The molecule has 1 aliphatic carbocycles. The number of hydrogen-bond acceptors (Lipinski definition) is 4. The number of carbonyl (C=O) groups is 1. The second kappa shape index (κ2) is 7.26. The van der Waals surface area contributed by atoms with Gasteiger partial charge >= 0.3 is 6.18 Å². The molecule has 9 heteroatoms. The van der Waals surface area contributed by atoms with E-state index in [4.69, 9.17) is 16.9 Å². The van der Waals surface area contributed by atoms with E-state index in [1.165, 1.54) is 30.7 Å². The minimum absolute atomic E-state index is 0.0965. The molecule has 1 amide bonds. The molecule has 1 fully saturated rings. The summed E-state index contributed by atoms with van der Waals surface area (Å²) in [6, 6.07) is 6.50. The molecule has 3 aromatic rings. The predicted octanol–water partition coefficient (Wildman–Crippen LogP) is 5.38. The Bertz CT molecular complexity index is 1220. The molecule has 0 bridgehead atoms. The number of rotatable bonds is 3. The van der Waals surface area contributed by atoms with Crippen LogP contribution in [0.1, 0.15) is 17.5 Å². The van der Waals surface area contributed by atoms with Crippen LogP contribution in [0.15, 0.2) is 36.8 Å². The van der Waals surface area contributed by atoms with Gasteiger partial charge in [-0.05, 0) is 48.1 Å². The molecular weight excluding hydrogens is 417 g/mol. The van der Waals surface area contributed by atoms with Gasteiger partial charge in [-0.2, -0.15) is 18.4 Å². The molecule has 1 aliphatic rings. The van der Waals surface area contributed by atoms with Crippen LogP contribution in [0.2, 0.25) is 5.02 Å². The third-order valence-electron chi connectivity index (χ3n) is 5.12. The van der Waals surface area contributed by atoms with E-state index in [0.717, 1.165) is 0 Å². The van der Waals surface area contributed by atoms with Gasteiger partial charge in [0.1, 0.15) is 5.82 Å². The topological polar surface area (TPSA) is 78.7 Å². The van der Waals surface area contributed by atoms with E-state index in [0.29, 0.717) is 22.9 Å². The van der Waals surface area contributed by atoms with Gasteiger partial charge in [0.15, 0.2) is 0 Å². The number of anilines is 1. The van der Waals surface area contributed by atoms with E-state index >= 15 is 0 Å². The summed E-state index contributed by atoms with van der Waals surface area (Å²) in [5.74, 6) is -0.859. The number of fused-ring (bicyclic) bond motifs is 1. The minimum atomic E-state index is -4.69. The van der Waals surface area contributed by atoms with Gasteiger partial charge in [0, 0.05) is 29.5 Å². The van der Waals surface area contributed by atoms with Gasteiger partial charge in [-0.25, -0.2) is 4.98 Å². The summed E-state index contributed by atoms with van der Waals surface area (Å²) in [5, 5.41) is 11.5. The first-order valence-electron chi connectivity index (χ1n) is 9.01. The molecule has 0 saturated heterocycles. The Morgan fingerprint density at radius 2 is 2.07 bits per heavy atom. The number of benzene rings is 1. The van der Waals surface area contributed by atoms with Crippen molar-refractivity contribution in [3.8, 4) is 17.2 Å². The van der Waals surface area contributed by atoms with Crippen molar-refractivity contribution in [3.63, 3.8) is 0 Å². The smallest absolute Gasteiger partial charge is 0.310 e. The molecule has 1 aromatic carbocycles. The van der Waals surface area contributed by atoms with Crippen LogP contribution in [0, 0.1) is 30.1 Å². The summed E-state index contributed by atoms with van der Waals surface area (Å²) in [6.07, 6.45) is -0.133. The zero-order chi connectivity index (χ0) is 21.6. The molecule has 2 heterocycles. The molecule has 0 spiro atoms. The molecular formula is C21H14ClF3N4O. The van der Waals surface area contributed by atoms with Crippen molar-refractivity contribution in [2.24, 2.45) is 11.8 Å². The first kappa shape index (κ1) is 20.1. The van der Waals surface area contributed by atoms with E-state index < -0.39 is 22.7 Å². The lowest BCUT2D eigenvalue weighted by molar-refractivity contribution is -0.136. The summed E-state index contributed by atoms with van der Waals surface area (Å²) < 4.78 is 41.6. The van der Waals surface area contributed by atoms with Crippen LogP contribution >= 0.6 is 11.6 Å². The standard InChI is InChI=1S/C21H14ClF3N4O/c1-10-2-3-27-8-15(10)14-4-11-6-17(29-20(30)13-5-12(13)7-26)28-9-16(11)19(22)18(14)21(23,24)25/h2-4,6,8-9,12-13H,5H2,1H3,(H,28,29,30). The quantitative estimate of drug-likeness (QED) is 0.605. The summed E-state index contributed by atoms with van der Waals surface area (Å²) in [6.45, 7) is 1.69. The monoisotopic (exact) mass is 430 g/mol. The summed E-state index contributed by atoms with van der Waals surface area (Å²) in [7, 11) is 0. The highest BCUT2D eigenvalue weighted by atomic mass is 35.5. The maximum atomic E-state index is 13.9. The van der Waals surface area contributed by atoms with Crippen molar-refractivity contribution in [2.75, 3.05) is 5.32 Å². The van der Waals surface area contributed by atoms with Crippen molar-refractivity contribution in [3.05, 3.63) is 52.9 Å². The molecule has 5 nitrogen and oxygen atoms in total. The number of carbonyl (C=O) groups excluding carboxylic acids is 1. The minimum Gasteiger partial charge on any atom is -0.310 e. The SMILES string of the molecule is Cc1ccncc1-c1cc2cc(NC(=O)C3CC3C#N)ncc2c(Cl)c1C(F)(F)F. The fourth-order valence-electron chi connectivity index (χ4n) is 3.40. The van der Waals surface area contributed by atoms with Gasteiger partial charge in [-0.15, -0.1) is 0 Å². The largest absolute Gasteiger partial charge is 0.418 e. The number of nitrogens with one attached hydrogen (secondary N) is 1. The van der Waals surface area contributed by atoms with Gasteiger partial charge in [-0.1, -0.05) is 11.6 Å². The van der Waals surface area contributed by atoms with Crippen LogP contribution in [0.4, 0.5) is 19.0 Å². The zero-order valence-electron chi connectivity index (χ0n) is 15.6. The van der Waals surface area contributed by atoms with Crippen molar-refractivity contribution in [1.29, 1.82) is 5.26 Å². The van der Waals surface area contributed by atoms with Gasteiger partial charge in [0.2, 0.25) is 5.91 Å². The number of aryl methyl sites for hydroxylation is 1. The average Bonchev–Trinajstić information content (AvgIpc) is 3.47. The Morgan fingerprint density at radius 3 is 2.70 bits per heavy atom. The number of halogens is 4. The van der Waals surface area contributed by atoms with Crippen LogP contribution in [-0.2, 0) is 11.0 Å².